The number of aromatic nitrogens is 2. The molecule has 1 N–H and O–H groups in total. The molecule has 7 nitrogen and oxygen atoms in total. The first-order valence-electron chi connectivity index (χ1n) is 14.3. The topological polar surface area (TPSA) is 54.8 Å². The van der Waals surface area contributed by atoms with Crippen molar-refractivity contribution >= 4 is 28.7 Å². The molecule has 2 fully saturated rings. The van der Waals surface area contributed by atoms with E-state index in [1.807, 2.05) is 44.3 Å². The van der Waals surface area contributed by atoms with Gasteiger partial charge in [-0.3, -0.25) is 4.98 Å². The van der Waals surface area contributed by atoms with Crippen LogP contribution in [0.25, 0.3) is 5.69 Å². The van der Waals surface area contributed by atoms with Gasteiger partial charge in [0.05, 0.1) is 37.1 Å². The Morgan fingerprint density at radius 1 is 0.927 bits per heavy atom. The summed E-state index contributed by atoms with van der Waals surface area (Å²) in [6.07, 6.45) is 1.96. The van der Waals surface area contributed by atoms with Crippen LogP contribution in [0.2, 0.25) is 0 Å². The summed E-state index contributed by atoms with van der Waals surface area (Å²) in [5.41, 5.74) is 7.93. The van der Waals surface area contributed by atoms with Crippen molar-refractivity contribution in [3.63, 3.8) is 0 Å². The molecule has 2 atom stereocenters. The normalized spacial score (nSPS) is 19.1. The van der Waals surface area contributed by atoms with Crippen molar-refractivity contribution in [2.24, 2.45) is 0 Å². The highest BCUT2D eigenvalue weighted by Crippen LogP contribution is 2.44. The minimum absolute atomic E-state index is 0.0816. The lowest BCUT2D eigenvalue weighted by Crippen LogP contribution is -2.36. The average Bonchev–Trinajstić information content (AvgIpc) is 3.48. The highest BCUT2D eigenvalue weighted by Gasteiger charge is 2.42. The van der Waals surface area contributed by atoms with Crippen LogP contribution >= 0.6 is 12.2 Å². The summed E-state index contributed by atoms with van der Waals surface area (Å²) in [6, 6.07) is 25.2. The van der Waals surface area contributed by atoms with E-state index in [0.717, 1.165) is 49.1 Å². The second kappa shape index (κ2) is 11.5. The molecule has 4 aromatic rings. The van der Waals surface area contributed by atoms with Gasteiger partial charge in [-0.25, -0.2) is 0 Å². The maximum Gasteiger partial charge on any atom is 0.174 e. The standard InChI is InChI=1S/C33H37N5O2S/c1-22(2)40-28-14-12-27(13-15-28)38-32(31(35-33(38)41)30-7-5-6-16-34-30)29-21-23(3)37(24(29)4)26-10-8-25(9-11-26)36-17-19-39-20-18-36/h5-16,21-22,31-32H,17-20H2,1-4H3,(H,35,41)/t31-,32-/m1/s1. The molecule has 0 radical (unpaired) electrons. The fourth-order valence-electron chi connectivity index (χ4n) is 6.02. The van der Waals surface area contributed by atoms with E-state index in [0.29, 0.717) is 5.11 Å². The van der Waals surface area contributed by atoms with E-state index in [4.69, 9.17) is 26.7 Å². The molecular weight excluding hydrogens is 530 g/mol. The van der Waals surface area contributed by atoms with Crippen LogP contribution in [-0.2, 0) is 4.74 Å². The number of aryl methyl sites for hydroxylation is 1. The number of hydrogen-bond acceptors (Lipinski definition) is 5. The predicted molar refractivity (Wildman–Crippen MR) is 168 cm³/mol. The number of ether oxygens (including phenoxy) is 2. The Bertz CT molecular complexity index is 1500. The van der Waals surface area contributed by atoms with Crippen LogP contribution in [0.5, 0.6) is 5.75 Å². The number of rotatable bonds is 7. The third-order valence-electron chi connectivity index (χ3n) is 7.86. The molecule has 41 heavy (non-hydrogen) atoms. The minimum Gasteiger partial charge on any atom is -0.491 e. The van der Waals surface area contributed by atoms with Crippen molar-refractivity contribution in [3.8, 4) is 11.4 Å². The number of hydrogen-bond donors (Lipinski definition) is 1. The largest absolute Gasteiger partial charge is 0.491 e. The number of morpholine rings is 1. The first-order valence-corrected chi connectivity index (χ1v) is 14.7. The van der Waals surface area contributed by atoms with Crippen molar-refractivity contribution in [1.82, 2.24) is 14.9 Å². The zero-order chi connectivity index (χ0) is 28.5. The van der Waals surface area contributed by atoms with Crippen molar-refractivity contribution in [1.29, 1.82) is 0 Å². The zero-order valence-corrected chi connectivity index (χ0v) is 24.9. The molecule has 8 heteroatoms. The Morgan fingerprint density at radius 3 is 2.27 bits per heavy atom. The van der Waals surface area contributed by atoms with Gasteiger partial charge in [0, 0.05) is 47.7 Å². The van der Waals surface area contributed by atoms with Crippen LogP contribution in [0.3, 0.4) is 0 Å². The molecule has 0 saturated carbocycles. The van der Waals surface area contributed by atoms with Crippen LogP contribution in [-0.4, -0.2) is 47.1 Å². The number of nitrogens with zero attached hydrogens (tertiary/aromatic N) is 4. The fraction of sp³-hybridized carbons (Fsp3) is 0.333. The Hall–Kier alpha value is -3.88. The van der Waals surface area contributed by atoms with Gasteiger partial charge in [0.25, 0.3) is 0 Å². The van der Waals surface area contributed by atoms with E-state index < -0.39 is 0 Å². The summed E-state index contributed by atoms with van der Waals surface area (Å²) in [4.78, 5) is 9.33. The number of anilines is 2. The SMILES string of the molecule is Cc1cc([C@@H]2[C@@H](c3ccccn3)NC(=S)N2c2ccc(OC(C)C)cc2)c(C)n1-c1ccc(N2CCOCC2)cc1. The molecule has 0 bridgehead atoms. The lowest BCUT2D eigenvalue weighted by Gasteiger charge is -2.29. The van der Waals surface area contributed by atoms with Gasteiger partial charge in [-0.1, -0.05) is 6.07 Å². The molecular formula is C33H37N5O2S. The van der Waals surface area contributed by atoms with Gasteiger partial charge in [0.1, 0.15) is 5.75 Å². The summed E-state index contributed by atoms with van der Waals surface area (Å²) in [5.74, 6) is 0.846. The van der Waals surface area contributed by atoms with E-state index in [1.54, 1.807) is 0 Å². The zero-order valence-electron chi connectivity index (χ0n) is 24.1. The molecule has 0 amide bonds. The molecule has 0 spiro atoms. The smallest absolute Gasteiger partial charge is 0.174 e. The lowest BCUT2D eigenvalue weighted by atomic mass is 9.96. The second-order valence-electron chi connectivity index (χ2n) is 10.9. The van der Waals surface area contributed by atoms with Crippen molar-refractivity contribution < 1.29 is 9.47 Å². The Kier molecular flexibility index (Phi) is 7.69. The first-order chi connectivity index (χ1) is 19.9. The van der Waals surface area contributed by atoms with Gasteiger partial charge in [0.15, 0.2) is 5.11 Å². The Balaban J connectivity index is 1.39. The summed E-state index contributed by atoms with van der Waals surface area (Å²) in [6.45, 7) is 11.8. The molecule has 2 aliphatic heterocycles. The third kappa shape index (κ3) is 5.42. The maximum atomic E-state index is 5.97. The van der Waals surface area contributed by atoms with Crippen LogP contribution < -0.4 is 19.9 Å². The summed E-state index contributed by atoms with van der Waals surface area (Å²) >= 11 is 5.97. The summed E-state index contributed by atoms with van der Waals surface area (Å²) < 4.78 is 13.8. The molecule has 2 aromatic carbocycles. The number of nitrogens with one attached hydrogen (secondary N) is 1. The molecule has 0 unspecified atom stereocenters. The van der Waals surface area contributed by atoms with Crippen LogP contribution in [0.4, 0.5) is 11.4 Å². The predicted octanol–water partition coefficient (Wildman–Crippen LogP) is 6.29. The number of pyridine rings is 1. The van der Waals surface area contributed by atoms with Gasteiger partial charge in [0.2, 0.25) is 0 Å². The third-order valence-corrected chi connectivity index (χ3v) is 8.17. The summed E-state index contributed by atoms with van der Waals surface area (Å²) in [7, 11) is 0. The van der Waals surface area contributed by atoms with Crippen molar-refractivity contribution in [2.45, 2.75) is 45.9 Å². The molecule has 212 valence electrons. The highest BCUT2D eigenvalue weighted by molar-refractivity contribution is 7.80. The monoisotopic (exact) mass is 567 g/mol. The van der Waals surface area contributed by atoms with Crippen LogP contribution in [0, 0.1) is 13.8 Å². The van der Waals surface area contributed by atoms with E-state index in [2.05, 4.69) is 82.1 Å². The highest BCUT2D eigenvalue weighted by atomic mass is 32.1. The van der Waals surface area contributed by atoms with E-state index >= 15 is 0 Å². The number of benzene rings is 2. The second-order valence-corrected chi connectivity index (χ2v) is 11.3. The van der Waals surface area contributed by atoms with Gasteiger partial charge in [-0.2, -0.15) is 0 Å². The van der Waals surface area contributed by atoms with E-state index in [9.17, 15) is 0 Å². The van der Waals surface area contributed by atoms with Crippen LogP contribution in [0.15, 0.2) is 79.0 Å². The van der Waals surface area contributed by atoms with Gasteiger partial charge < -0.3 is 29.2 Å². The Labute approximate surface area is 247 Å². The van der Waals surface area contributed by atoms with Crippen molar-refractivity contribution in [3.05, 3.63) is 102 Å². The molecule has 2 saturated heterocycles. The lowest BCUT2D eigenvalue weighted by molar-refractivity contribution is 0.122. The summed E-state index contributed by atoms with van der Waals surface area (Å²) in [5, 5.41) is 4.28. The van der Waals surface area contributed by atoms with Crippen molar-refractivity contribution in [2.75, 3.05) is 36.1 Å². The molecule has 6 rings (SSSR count). The van der Waals surface area contributed by atoms with Gasteiger partial charge in [-0.15, -0.1) is 0 Å². The minimum atomic E-state index is -0.104. The first kappa shape index (κ1) is 27.3. The van der Waals surface area contributed by atoms with Gasteiger partial charge in [-0.05, 0) is 112 Å². The molecule has 2 aromatic heterocycles. The maximum absolute atomic E-state index is 5.97. The Morgan fingerprint density at radius 2 is 1.61 bits per heavy atom. The average molecular weight is 568 g/mol. The van der Waals surface area contributed by atoms with E-state index in [-0.39, 0.29) is 18.2 Å². The molecule has 4 heterocycles. The number of thiocarbonyl (C=S) groups is 1. The van der Waals surface area contributed by atoms with E-state index in [1.165, 1.54) is 22.6 Å². The van der Waals surface area contributed by atoms with Gasteiger partial charge >= 0.3 is 0 Å². The molecule has 0 aliphatic carbocycles. The molecule has 2 aliphatic rings. The quantitative estimate of drug-likeness (QED) is 0.264. The fourth-order valence-corrected chi connectivity index (χ4v) is 6.37. The van der Waals surface area contributed by atoms with Crippen LogP contribution in [0.1, 0.15) is 48.6 Å².